The third-order valence-electron chi connectivity index (χ3n) is 4.53. The van der Waals surface area contributed by atoms with E-state index < -0.39 is 0 Å². The van der Waals surface area contributed by atoms with Crippen molar-refractivity contribution in [2.24, 2.45) is 5.73 Å². The molecule has 2 rings (SSSR count). The van der Waals surface area contributed by atoms with Crippen LogP contribution in [0.2, 0.25) is 0 Å². The van der Waals surface area contributed by atoms with Crippen molar-refractivity contribution in [2.45, 2.75) is 38.3 Å². The first-order chi connectivity index (χ1) is 9.13. The molecule has 2 aliphatic rings. The molecule has 0 aromatic rings. The molecule has 2 unspecified atom stereocenters. The summed E-state index contributed by atoms with van der Waals surface area (Å²) >= 11 is 0. The summed E-state index contributed by atoms with van der Waals surface area (Å²) in [7, 11) is 2.12. The fraction of sp³-hybridized carbons (Fsp3) is 0.929. The van der Waals surface area contributed by atoms with Crippen LogP contribution in [0, 0.1) is 0 Å². The number of carbonyl (C=O) groups excluding carboxylic acids is 1. The number of piperidine rings is 1. The Morgan fingerprint density at radius 1 is 1.21 bits per heavy atom. The highest BCUT2D eigenvalue weighted by Crippen LogP contribution is 2.16. The fourth-order valence-electron chi connectivity index (χ4n) is 3.26. The first-order valence-electron chi connectivity index (χ1n) is 7.56. The normalized spacial score (nSPS) is 28.4. The lowest BCUT2D eigenvalue weighted by Crippen LogP contribution is -2.61. The molecule has 2 saturated heterocycles. The first kappa shape index (κ1) is 14.8. The van der Waals surface area contributed by atoms with Crippen molar-refractivity contribution >= 4 is 5.91 Å². The number of amides is 1. The number of likely N-dealkylation sites (tertiary alicyclic amines) is 1. The first-order valence-corrected chi connectivity index (χ1v) is 7.56. The molecule has 0 spiro atoms. The van der Waals surface area contributed by atoms with Crippen LogP contribution in [0.15, 0.2) is 0 Å². The van der Waals surface area contributed by atoms with E-state index in [1.54, 1.807) is 0 Å². The topological polar surface area (TPSA) is 52.8 Å². The third-order valence-corrected chi connectivity index (χ3v) is 4.53. The Bertz CT molecular complexity index is 304. The van der Waals surface area contributed by atoms with Crippen LogP contribution in [-0.2, 0) is 4.79 Å². The van der Waals surface area contributed by atoms with Crippen molar-refractivity contribution in [3.63, 3.8) is 0 Å². The molecule has 0 aromatic heterocycles. The van der Waals surface area contributed by atoms with Crippen molar-refractivity contribution in [2.75, 3.05) is 46.3 Å². The maximum absolute atomic E-state index is 12.6. The van der Waals surface area contributed by atoms with Gasteiger partial charge in [-0.2, -0.15) is 0 Å². The lowest BCUT2D eigenvalue weighted by Gasteiger charge is -2.43. The SMILES string of the molecule is CC(C(=O)N1CCCCC1)N1CCN(C)CC1CN. The molecule has 19 heavy (non-hydrogen) atoms. The zero-order valence-electron chi connectivity index (χ0n) is 12.3. The molecule has 0 radical (unpaired) electrons. The maximum Gasteiger partial charge on any atom is 0.239 e. The Morgan fingerprint density at radius 2 is 1.89 bits per heavy atom. The molecular formula is C14H28N4O. The van der Waals surface area contributed by atoms with E-state index in [9.17, 15) is 4.79 Å². The number of hydrogen-bond donors (Lipinski definition) is 1. The van der Waals surface area contributed by atoms with Gasteiger partial charge in [0.1, 0.15) is 0 Å². The predicted molar refractivity (Wildman–Crippen MR) is 76.9 cm³/mol. The second-order valence-electron chi connectivity index (χ2n) is 5.95. The summed E-state index contributed by atoms with van der Waals surface area (Å²) in [6.07, 6.45) is 3.57. The Kier molecular flexibility index (Phi) is 5.19. The highest BCUT2D eigenvalue weighted by Gasteiger charge is 2.33. The molecule has 0 aliphatic carbocycles. The van der Waals surface area contributed by atoms with Gasteiger partial charge in [-0.25, -0.2) is 0 Å². The van der Waals surface area contributed by atoms with Crippen LogP contribution in [0.4, 0.5) is 0 Å². The summed E-state index contributed by atoms with van der Waals surface area (Å²) in [6, 6.07) is 0.280. The van der Waals surface area contributed by atoms with Crippen molar-refractivity contribution in [1.29, 1.82) is 0 Å². The lowest BCUT2D eigenvalue weighted by atomic mass is 10.1. The largest absolute Gasteiger partial charge is 0.341 e. The molecule has 0 bridgehead atoms. The Balaban J connectivity index is 1.96. The average Bonchev–Trinajstić information content (AvgIpc) is 2.46. The molecule has 2 fully saturated rings. The zero-order valence-corrected chi connectivity index (χ0v) is 12.3. The third kappa shape index (κ3) is 3.46. The van der Waals surface area contributed by atoms with Crippen LogP contribution in [-0.4, -0.2) is 79.0 Å². The summed E-state index contributed by atoms with van der Waals surface area (Å²) < 4.78 is 0. The van der Waals surface area contributed by atoms with Gasteiger partial charge in [0, 0.05) is 45.3 Å². The minimum Gasteiger partial charge on any atom is -0.341 e. The second-order valence-corrected chi connectivity index (χ2v) is 5.95. The summed E-state index contributed by atoms with van der Waals surface area (Å²) in [5.41, 5.74) is 5.88. The molecule has 2 atom stereocenters. The van der Waals surface area contributed by atoms with Gasteiger partial charge in [-0.1, -0.05) is 0 Å². The van der Waals surface area contributed by atoms with Crippen LogP contribution < -0.4 is 5.73 Å². The van der Waals surface area contributed by atoms with Gasteiger partial charge in [0.2, 0.25) is 5.91 Å². The van der Waals surface area contributed by atoms with E-state index in [1.807, 2.05) is 11.8 Å². The van der Waals surface area contributed by atoms with Crippen molar-refractivity contribution < 1.29 is 4.79 Å². The van der Waals surface area contributed by atoms with Gasteiger partial charge in [-0.3, -0.25) is 9.69 Å². The quantitative estimate of drug-likeness (QED) is 0.780. The Labute approximate surface area is 116 Å². The number of hydrogen-bond acceptors (Lipinski definition) is 4. The highest BCUT2D eigenvalue weighted by molar-refractivity contribution is 5.81. The molecule has 1 amide bonds. The van der Waals surface area contributed by atoms with Gasteiger partial charge in [-0.15, -0.1) is 0 Å². The van der Waals surface area contributed by atoms with E-state index >= 15 is 0 Å². The number of likely N-dealkylation sites (N-methyl/N-ethyl adjacent to an activating group) is 1. The lowest BCUT2D eigenvalue weighted by molar-refractivity contribution is -0.139. The number of nitrogens with zero attached hydrogens (tertiary/aromatic N) is 3. The van der Waals surface area contributed by atoms with Crippen LogP contribution in [0.1, 0.15) is 26.2 Å². The van der Waals surface area contributed by atoms with Gasteiger partial charge in [0.25, 0.3) is 0 Å². The standard InChI is InChI=1S/C14H28N4O/c1-12(14(19)17-6-4-3-5-7-17)18-9-8-16(2)11-13(18)10-15/h12-13H,3-11,15H2,1-2H3. The number of nitrogens with two attached hydrogens (primary N) is 1. The smallest absolute Gasteiger partial charge is 0.239 e. The minimum absolute atomic E-state index is 0.0275. The van der Waals surface area contributed by atoms with Crippen LogP contribution in [0.5, 0.6) is 0 Å². The van der Waals surface area contributed by atoms with Crippen molar-refractivity contribution in [3.8, 4) is 0 Å². The molecule has 2 heterocycles. The van der Waals surface area contributed by atoms with Gasteiger partial charge in [0.05, 0.1) is 6.04 Å². The maximum atomic E-state index is 12.6. The molecular weight excluding hydrogens is 240 g/mol. The summed E-state index contributed by atoms with van der Waals surface area (Å²) in [5.74, 6) is 0.294. The van der Waals surface area contributed by atoms with E-state index in [2.05, 4.69) is 16.8 Å². The van der Waals surface area contributed by atoms with Gasteiger partial charge >= 0.3 is 0 Å². The van der Waals surface area contributed by atoms with E-state index in [0.29, 0.717) is 18.5 Å². The summed E-state index contributed by atoms with van der Waals surface area (Å²) in [6.45, 7) is 7.47. The summed E-state index contributed by atoms with van der Waals surface area (Å²) in [4.78, 5) is 19.2. The van der Waals surface area contributed by atoms with Crippen molar-refractivity contribution in [3.05, 3.63) is 0 Å². The number of carbonyl (C=O) groups is 1. The minimum atomic E-state index is -0.0275. The van der Waals surface area contributed by atoms with Crippen LogP contribution in [0.3, 0.4) is 0 Å². The molecule has 5 heteroatoms. The van der Waals surface area contributed by atoms with Crippen LogP contribution in [0.25, 0.3) is 0 Å². The average molecular weight is 268 g/mol. The zero-order chi connectivity index (χ0) is 13.8. The molecule has 5 nitrogen and oxygen atoms in total. The molecule has 0 saturated carbocycles. The summed E-state index contributed by atoms with van der Waals surface area (Å²) in [5, 5.41) is 0. The number of piperazine rings is 1. The van der Waals surface area contributed by atoms with Gasteiger partial charge < -0.3 is 15.5 Å². The van der Waals surface area contributed by atoms with E-state index in [4.69, 9.17) is 5.73 Å². The molecule has 110 valence electrons. The van der Waals surface area contributed by atoms with Crippen LogP contribution >= 0.6 is 0 Å². The fourth-order valence-corrected chi connectivity index (χ4v) is 3.26. The highest BCUT2D eigenvalue weighted by atomic mass is 16.2. The van der Waals surface area contributed by atoms with Gasteiger partial charge in [-0.05, 0) is 33.2 Å². The molecule has 0 aromatic carbocycles. The molecule has 2 N–H and O–H groups in total. The molecule has 2 aliphatic heterocycles. The predicted octanol–water partition coefficient (Wildman–Crippen LogP) is -0.0379. The number of rotatable bonds is 3. The monoisotopic (exact) mass is 268 g/mol. The van der Waals surface area contributed by atoms with Crippen molar-refractivity contribution in [1.82, 2.24) is 14.7 Å². The Hall–Kier alpha value is -0.650. The van der Waals surface area contributed by atoms with E-state index in [-0.39, 0.29) is 6.04 Å². The van der Waals surface area contributed by atoms with E-state index in [0.717, 1.165) is 45.6 Å². The van der Waals surface area contributed by atoms with E-state index in [1.165, 1.54) is 6.42 Å². The Morgan fingerprint density at radius 3 is 2.53 bits per heavy atom. The second kappa shape index (κ2) is 6.68. The van der Waals surface area contributed by atoms with Gasteiger partial charge in [0.15, 0.2) is 0 Å².